The minimum Gasteiger partial charge on any atom is -0.285 e. The van der Waals surface area contributed by atoms with E-state index >= 15 is 0 Å². The van der Waals surface area contributed by atoms with Gasteiger partial charge in [0.05, 0.1) is 4.92 Å². The molecule has 6 nitrogen and oxygen atoms in total. The fraction of sp³-hybridized carbons (Fsp3) is 0.300. The van der Waals surface area contributed by atoms with Crippen molar-refractivity contribution in [3.63, 3.8) is 0 Å². The lowest BCUT2D eigenvalue weighted by atomic mass is 10.3. The Morgan fingerprint density at radius 3 is 2.24 bits per heavy atom. The minimum atomic E-state index is -4.06. The molecule has 94 valence electrons. The molecule has 0 radical (unpaired) electrons. The summed E-state index contributed by atoms with van der Waals surface area (Å²) in [5.74, 6) is 0. The summed E-state index contributed by atoms with van der Waals surface area (Å²) in [5.41, 5.74) is -0.138. The van der Waals surface area contributed by atoms with Gasteiger partial charge in [0.15, 0.2) is 0 Å². The number of nitrogens with zero attached hydrogens (tertiary/aromatic N) is 1. The van der Waals surface area contributed by atoms with E-state index < -0.39 is 19.3 Å². The average molecular weight is 258 g/mol. The molecular formula is C10H14N2O4S. The van der Waals surface area contributed by atoms with Gasteiger partial charge in [-0.3, -0.25) is 24.3 Å². The fourth-order valence-corrected chi connectivity index (χ4v) is 3.19. The zero-order valence-electron chi connectivity index (χ0n) is 9.58. The Morgan fingerprint density at radius 1 is 1.41 bits per heavy atom. The molecule has 1 aromatic carbocycles. The van der Waals surface area contributed by atoms with Gasteiger partial charge in [0.2, 0.25) is 5.12 Å². The van der Waals surface area contributed by atoms with Crippen molar-refractivity contribution in [2.24, 2.45) is 5.14 Å². The van der Waals surface area contributed by atoms with Crippen LogP contribution in [0.15, 0.2) is 29.2 Å². The quantitative estimate of drug-likeness (QED) is 0.650. The molecule has 0 aliphatic carbocycles. The van der Waals surface area contributed by atoms with Crippen LogP contribution in [0.4, 0.5) is 5.69 Å². The Hall–Kier alpha value is -1.60. The molecule has 0 amide bonds. The minimum absolute atomic E-state index is 0.0509. The van der Waals surface area contributed by atoms with E-state index in [2.05, 4.69) is 0 Å². The molecule has 0 fully saturated rings. The third-order valence-electron chi connectivity index (χ3n) is 2.49. The molecule has 0 aliphatic rings. The first-order valence-corrected chi connectivity index (χ1v) is 7.33. The topological polar surface area (TPSA) is 103 Å². The van der Waals surface area contributed by atoms with Crippen LogP contribution in [0.2, 0.25) is 0 Å². The SMILES string of the molecule is CCC(=O)S(C)(N)(=O)c1ccc([N+](=O)[O-])cc1. The van der Waals surface area contributed by atoms with Crippen LogP contribution in [0.5, 0.6) is 0 Å². The first-order valence-electron chi connectivity index (χ1n) is 4.89. The second-order valence-electron chi connectivity index (χ2n) is 3.89. The van der Waals surface area contributed by atoms with Crippen molar-refractivity contribution in [3.05, 3.63) is 34.4 Å². The van der Waals surface area contributed by atoms with E-state index in [9.17, 15) is 19.1 Å². The van der Waals surface area contributed by atoms with E-state index in [4.69, 9.17) is 5.14 Å². The summed E-state index contributed by atoms with van der Waals surface area (Å²) >= 11 is 0. The number of rotatable bonds is 3. The first-order chi connectivity index (χ1) is 7.67. The Balaban J connectivity index is 3.30. The molecule has 0 saturated heterocycles. The Labute approximate surface area is 98.5 Å². The highest BCUT2D eigenvalue weighted by molar-refractivity contribution is 8.29. The second-order valence-corrected chi connectivity index (χ2v) is 7.64. The molecule has 7 heteroatoms. The lowest BCUT2D eigenvalue weighted by Gasteiger charge is -2.31. The normalized spacial score (nSPS) is 13.7. The van der Waals surface area contributed by atoms with Gasteiger partial charge in [-0.25, -0.2) is 0 Å². The molecule has 0 heterocycles. The summed E-state index contributed by atoms with van der Waals surface area (Å²) in [6.45, 7) is 1.57. The standard InChI is InChI=1S/C10H14N2O4S/c1-3-10(13)17(2,11,16)9-6-4-8(5-7-9)12(14)15/h4-7H,3H2,1-2H3,(H2,11,16). The second kappa shape index (κ2) is 4.01. The van der Waals surface area contributed by atoms with E-state index in [-0.39, 0.29) is 17.0 Å². The van der Waals surface area contributed by atoms with Gasteiger partial charge in [-0.2, -0.15) is 0 Å². The zero-order chi connectivity index (χ0) is 13.3. The number of carbonyl (C=O) groups excluding carboxylic acids is 1. The van der Waals surface area contributed by atoms with E-state index in [1.807, 2.05) is 0 Å². The molecule has 0 aliphatic heterocycles. The molecule has 0 atom stereocenters. The van der Waals surface area contributed by atoms with Gasteiger partial charge in [-0.05, 0) is 12.1 Å². The smallest absolute Gasteiger partial charge is 0.269 e. The first kappa shape index (κ1) is 13.5. The highest BCUT2D eigenvalue weighted by Crippen LogP contribution is 2.29. The van der Waals surface area contributed by atoms with Gasteiger partial charge < -0.3 is 0 Å². The molecule has 2 N–H and O–H groups in total. The van der Waals surface area contributed by atoms with Crippen LogP contribution < -0.4 is 5.14 Å². The lowest BCUT2D eigenvalue weighted by Crippen LogP contribution is -2.48. The Kier molecular flexibility index (Phi) is 3.17. The fourth-order valence-electron chi connectivity index (χ4n) is 1.40. The molecule has 17 heavy (non-hydrogen) atoms. The van der Waals surface area contributed by atoms with Gasteiger partial charge in [-0.1, -0.05) is 6.92 Å². The van der Waals surface area contributed by atoms with Gasteiger partial charge in [0.1, 0.15) is 0 Å². The number of hydrogen-bond acceptors (Lipinski definition) is 4. The summed E-state index contributed by atoms with van der Waals surface area (Å²) in [6.07, 6.45) is 1.24. The average Bonchev–Trinajstić information content (AvgIpc) is 2.27. The number of nitro groups is 1. The number of hydrogen-bond donors (Lipinski definition) is 1. The number of nitrogens with two attached hydrogens (primary N) is 1. The monoisotopic (exact) mass is 258 g/mol. The summed E-state index contributed by atoms with van der Waals surface area (Å²) in [6, 6.07) is 4.89. The van der Waals surface area contributed by atoms with E-state index in [0.29, 0.717) is 0 Å². The lowest BCUT2D eigenvalue weighted by molar-refractivity contribution is -0.384. The van der Waals surface area contributed by atoms with Crippen molar-refractivity contribution in [2.45, 2.75) is 18.2 Å². The maximum atomic E-state index is 12.5. The third-order valence-corrected chi connectivity index (χ3v) is 5.35. The molecule has 1 rings (SSSR count). The van der Waals surface area contributed by atoms with E-state index in [1.165, 1.54) is 30.5 Å². The van der Waals surface area contributed by atoms with Crippen molar-refractivity contribution < 1.29 is 13.9 Å². The highest BCUT2D eigenvalue weighted by Gasteiger charge is 2.36. The number of benzene rings is 1. The molecule has 0 aromatic heterocycles. The molecular weight excluding hydrogens is 244 g/mol. The predicted molar refractivity (Wildman–Crippen MR) is 64.9 cm³/mol. The summed E-state index contributed by atoms with van der Waals surface area (Å²) in [4.78, 5) is 21.7. The molecule has 0 saturated carbocycles. The Bertz CT molecular complexity index is 530. The van der Waals surface area contributed by atoms with Crippen LogP contribution in [-0.4, -0.2) is 20.5 Å². The van der Waals surface area contributed by atoms with Crippen molar-refractivity contribution in [1.29, 1.82) is 0 Å². The molecule has 0 spiro atoms. The summed E-state index contributed by atoms with van der Waals surface area (Å²) in [5, 5.41) is 15.6. The van der Waals surface area contributed by atoms with Crippen molar-refractivity contribution in [3.8, 4) is 0 Å². The molecule has 0 unspecified atom stereocenters. The predicted octanol–water partition coefficient (Wildman–Crippen LogP) is 1.21. The van der Waals surface area contributed by atoms with Gasteiger partial charge >= 0.3 is 0 Å². The highest BCUT2D eigenvalue weighted by atomic mass is 32.3. The number of nitro benzene ring substituents is 1. The largest absolute Gasteiger partial charge is 0.285 e. The van der Waals surface area contributed by atoms with Crippen LogP contribution >= 0.6 is 0 Å². The van der Waals surface area contributed by atoms with Crippen LogP contribution in [0.3, 0.4) is 0 Å². The maximum absolute atomic E-state index is 12.5. The van der Waals surface area contributed by atoms with Crippen LogP contribution in [0.25, 0.3) is 0 Å². The maximum Gasteiger partial charge on any atom is 0.269 e. The molecule has 0 bridgehead atoms. The van der Waals surface area contributed by atoms with Gasteiger partial charge in [-0.15, -0.1) is 0 Å². The third kappa shape index (κ3) is 2.40. The van der Waals surface area contributed by atoms with Crippen molar-refractivity contribution in [1.82, 2.24) is 0 Å². The van der Waals surface area contributed by atoms with Crippen LogP contribution in [0, 0.1) is 10.1 Å². The molecule has 1 aromatic rings. The van der Waals surface area contributed by atoms with E-state index in [0.717, 1.165) is 0 Å². The Morgan fingerprint density at radius 2 is 1.88 bits per heavy atom. The van der Waals surface area contributed by atoms with Gasteiger partial charge in [0, 0.05) is 39.0 Å². The summed E-state index contributed by atoms with van der Waals surface area (Å²) < 4.78 is 12.5. The van der Waals surface area contributed by atoms with Crippen LogP contribution in [0.1, 0.15) is 13.3 Å². The van der Waals surface area contributed by atoms with Crippen molar-refractivity contribution in [2.75, 3.05) is 6.26 Å². The van der Waals surface area contributed by atoms with Crippen molar-refractivity contribution >= 4 is 20.1 Å². The number of carbonyl (C=O) groups is 1. The van der Waals surface area contributed by atoms with Crippen LogP contribution in [-0.2, 0) is 14.0 Å². The number of non-ortho nitro benzene ring substituents is 1. The summed E-state index contributed by atoms with van der Waals surface area (Å²) in [7, 11) is -4.06. The zero-order valence-corrected chi connectivity index (χ0v) is 10.4. The van der Waals surface area contributed by atoms with Gasteiger partial charge in [0.25, 0.3) is 5.69 Å². The van der Waals surface area contributed by atoms with E-state index in [1.54, 1.807) is 6.92 Å².